The van der Waals surface area contributed by atoms with Crippen molar-refractivity contribution in [1.29, 1.82) is 0 Å². The van der Waals surface area contributed by atoms with E-state index in [4.69, 9.17) is 4.74 Å². The van der Waals surface area contributed by atoms with Crippen LogP contribution in [0.5, 0.6) is 0 Å². The van der Waals surface area contributed by atoms with Crippen LogP contribution in [0.3, 0.4) is 0 Å². The molecule has 2 unspecified atom stereocenters. The highest BCUT2D eigenvalue weighted by molar-refractivity contribution is 5.08. The summed E-state index contributed by atoms with van der Waals surface area (Å²) < 4.78 is 5.68. The summed E-state index contributed by atoms with van der Waals surface area (Å²) in [6.07, 6.45) is 4.42. The number of piperazine rings is 1. The zero-order valence-corrected chi connectivity index (χ0v) is 11.3. The van der Waals surface area contributed by atoms with Crippen molar-refractivity contribution in [2.45, 2.75) is 24.9 Å². The van der Waals surface area contributed by atoms with Gasteiger partial charge in [-0.3, -0.25) is 0 Å². The first-order valence-corrected chi connectivity index (χ1v) is 6.59. The fourth-order valence-corrected chi connectivity index (χ4v) is 2.68. The molecule has 1 N–H and O–H groups in total. The van der Waals surface area contributed by atoms with E-state index in [0.29, 0.717) is 12.1 Å². The van der Waals surface area contributed by atoms with Gasteiger partial charge < -0.3 is 19.9 Å². The molecule has 2 atom stereocenters. The summed E-state index contributed by atoms with van der Waals surface area (Å²) in [7, 11) is 6.47. The molecule has 0 aromatic carbocycles. The lowest BCUT2D eigenvalue weighted by Crippen LogP contribution is -2.52. The van der Waals surface area contributed by atoms with Gasteiger partial charge in [0.05, 0.1) is 12.6 Å². The first-order valence-electron chi connectivity index (χ1n) is 6.59. The topological polar surface area (TPSA) is 27.7 Å². The zero-order valence-electron chi connectivity index (χ0n) is 11.3. The third kappa shape index (κ3) is 3.21. The number of ether oxygens (including phenoxy) is 1. The van der Waals surface area contributed by atoms with Gasteiger partial charge in [0.15, 0.2) is 0 Å². The number of likely N-dealkylation sites (N-methyl/N-ethyl adjacent to an activating group) is 3. The van der Waals surface area contributed by atoms with E-state index in [1.165, 1.54) is 6.54 Å². The van der Waals surface area contributed by atoms with Gasteiger partial charge in [0, 0.05) is 32.1 Å². The van der Waals surface area contributed by atoms with Gasteiger partial charge in [0.2, 0.25) is 0 Å². The van der Waals surface area contributed by atoms with Crippen LogP contribution < -0.4 is 5.32 Å². The van der Waals surface area contributed by atoms with Crippen LogP contribution >= 0.6 is 0 Å². The van der Waals surface area contributed by atoms with Crippen LogP contribution in [0.4, 0.5) is 0 Å². The van der Waals surface area contributed by atoms with E-state index in [9.17, 15) is 0 Å². The highest BCUT2D eigenvalue weighted by Crippen LogP contribution is 2.20. The highest BCUT2D eigenvalue weighted by atomic mass is 16.5. The van der Waals surface area contributed by atoms with Crippen molar-refractivity contribution >= 4 is 0 Å². The summed E-state index contributed by atoms with van der Waals surface area (Å²) in [6.45, 7) is 4.35. The smallest absolute Gasteiger partial charge is 0.109 e. The SMILES string of the molecule is CNC(CC1CN(C)CCN1C)C1=CCCO1. The second-order valence-corrected chi connectivity index (χ2v) is 5.22. The van der Waals surface area contributed by atoms with E-state index in [0.717, 1.165) is 38.3 Å². The van der Waals surface area contributed by atoms with Crippen molar-refractivity contribution < 1.29 is 4.74 Å². The lowest BCUT2D eigenvalue weighted by molar-refractivity contribution is 0.0974. The Labute approximate surface area is 105 Å². The molecule has 0 aliphatic carbocycles. The molecule has 0 radical (unpaired) electrons. The van der Waals surface area contributed by atoms with Gasteiger partial charge in [-0.25, -0.2) is 0 Å². The predicted molar refractivity (Wildman–Crippen MR) is 70.0 cm³/mol. The molecule has 4 heteroatoms. The Kier molecular flexibility index (Phi) is 4.42. The highest BCUT2D eigenvalue weighted by Gasteiger charge is 2.27. The van der Waals surface area contributed by atoms with Gasteiger partial charge in [0.25, 0.3) is 0 Å². The molecule has 0 aromatic rings. The van der Waals surface area contributed by atoms with Crippen LogP contribution in [0.25, 0.3) is 0 Å². The molecule has 0 aromatic heterocycles. The van der Waals surface area contributed by atoms with Crippen molar-refractivity contribution in [3.8, 4) is 0 Å². The van der Waals surface area contributed by atoms with Gasteiger partial charge in [-0.2, -0.15) is 0 Å². The van der Waals surface area contributed by atoms with E-state index < -0.39 is 0 Å². The van der Waals surface area contributed by atoms with Gasteiger partial charge in [-0.05, 0) is 33.6 Å². The van der Waals surface area contributed by atoms with E-state index in [2.05, 4.69) is 35.3 Å². The summed E-state index contributed by atoms with van der Waals surface area (Å²) in [5.74, 6) is 1.15. The minimum Gasteiger partial charge on any atom is -0.496 e. The van der Waals surface area contributed by atoms with Crippen molar-refractivity contribution in [1.82, 2.24) is 15.1 Å². The number of rotatable bonds is 4. The fourth-order valence-electron chi connectivity index (χ4n) is 2.68. The van der Waals surface area contributed by atoms with Crippen molar-refractivity contribution in [3.05, 3.63) is 11.8 Å². The van der Waals surface area contributed by atoms with E-state index in [1.807, 2.05) is 7.05 Å². The Bertz CT molecular complexity index is 280. The normalized spacial score (nSPS) is 28.9. The van der Waals surface area contributed by atoms with Crippen LogP contribution in [0, 0.1) is 0 Å². The van der Waals surface area contributed by atoms with Gasteiger partial charge >= 0.3 is 0 Å². The Morgan fingerprint density at radius 1 is 1.47 bits per heavy atom. The minimum absolute atomic E-state index is 0.372. The summed E-state index contributed by atoms with van der Waals surface area (Å²) >= 11 is 0. The molecular weight excluding hydrogens is 214 g/mol. The maximum absolute atomic E-state index is 5.68. The number of nitrogens with zero attached hydrogens (tertiary/aromatic N) is 2. The summed E-state index contributed by atoms with van der Waals surface area (Å²) in [5, 5.41) is 3.39. The van der Waals surface area contributed by atoms with Crippen LogP contribution in [0.1, 0.15) is 12.8 Å². The van der Waals surface area contributed by atoms with Crippen LogP contribution in [0.2, 0.25) is 0 Å². The van der Waals surface area contributed by atoms with Gasteiger partial charge in [-0.1, -0.05) is 0 Å². The second kappa shape index (κ2) is 5.85. The van der Waals surface area contributed by atoms with Crippen LogP contribution in [-0.2, 0) is 4.74 Å². The molecule has 2 aliphatic heterocycles. The first kappa shape index (κ1) is 12.9. The first-order chi connectivity index (χ1) is 8.20. The van der Waals surface area contributed by atoms with Crippen molar-refractivity contribution in [3.63, 3.8) is 0 Å². The Hall–Kier alpha value is -0.580. The Morgan fingerprint density at radius 2 is 2.29 bits per heavy atom. The quantitative estimate of drug-likeness (QED) is 0.774. The molecule has 17 heavy (non-hydrogen) atoms. The fraction of sp³-hybridized carbons (Fsp3) is 0.846. The minimum atomic E-state index is 0.372. The average molecular weight is 239 g/mol. The summed E-state index contributed by atoms with van der Waals surface area (Å²) in [5.41, 5.74) is 0. The number of hydrogen-bond donors (Lipinski definition) is 1. The molecular formula is C13H25N3O. The Balaban J connectivity index is 1.92. The molecule has 2 aliphatic rings. The lowest BCUT2D eigenvalue weighted by atomic mass is 10.0. The molecule has 0 amide bonds. The third-order valence-electron chi connectivity index (χ3n) is 3.91. The summed E-state index contributed by atoms with van der Waals surface area (Å²) in [6, 6.07) is 0.993. The van der Waals surface area contributed by atoms with Gasteiger partial charge in [-0.15, -0.1) is 0 Å². The summed E-state index contributed by atoms with van der Waals surface area (Å²) in [4.78, 5) is 4.89. The molecule has 98 valence electrons. The maximum atomic E-state index is 5.68. The molecule has 2 rings (SSSR count). The zero-order chi connectivity index (χ0) is 12.3. The lowest BCUT2D eigenvalue weighted by Gasteiger charge is -2.39. The molecule has 0 saturated carbocycles. The maximum Gasteiger partial charge on any atom is 0.109 e. The van der Waals surface area contributed by atoms with Crippen molar-refractivity contribution in [2.24, 2.45) is 0 Å². The van der Waals surface area contributed by atoms with Crippen LogP contribution in [-0.4, -0.2) is 69.3 Å². The Morgan fingerprint density at radius 3 is 2.94 bits per heavy atom. The van der Waals surface area contributed by atoms with E-state index in [-0.39, 0.29) is 0 Å². The number of hydrogen-bond acceptors (Lipinski definition) is 4. The number of nitrogens with one attached hydrogen (secondary N) is 1. The third-order valence-corrected chi connectivity index (χ3v) is 3.91. The molecule has 2 heterocycles. The van der Waals surface area contributed by atoms with Crippen LogP contribution in [0.15, 0.2) is 11.8 Å². The second-order valence-electron chi connectivity index (χ2n) is 5.22. The largest absolute Gasteiger partial charge is 0.496 e. The van der Waals surface area contributed by atoms with E-state index in [1.54, 1.807) is 0 Å². The predicted octanol–water partition coefficient (Wildman–Crippen LogP) is 0.514. The van der Waals surface area contributed by atoms with Crippen molar-refractivity contribution in [2.75, 3.05) is 47.4 Å². The van der Waals surface area contributed by atoms with Gasteiger partial charge in [0.1, 0.15) is 5.76 Å². The molecule has 0 spiro atoms. The monoisotopic (exact) mass is 239 g/mol. The molecule has 1 saturated heterocycles. The average Bonchev–Trinajstić information content (AvgIpc) is 2.84. The standard InChI is InChI=1S/C13H25N3O/c1-14-12(13-5-4-8-17-13)9-11-10-15(2)6-7-16(11)3/h5,11-12,14H,4,6-10H2,1-3H3. The molecule has 1 fully saturated rings. The molecule has 0 bridgehead atoms. The molecule has 4 nitrogen and oxygen atoms in total. The van der Waals surface area contributed by atoms with E-state index >= 15 is 0 Å².